The number of amides is 1. The van der Waals surface area contributed by atoms with Gasteiger partial charge in [-0.3, -0.25) is 9.59 Å². The van der Waals surface area contributed by atoms with Crippen LogP contribution in [0, 0.1) is 13.8 Å². The molecule has 3 rings (SSSR count). The average Bonchev–Trinajstić information content (AvgIpc) is 2.73. The van der Waals surface area contributed by atoms with E-state index in [4.69, 9.17) is 4.74 Å². The van der Waals surface area contributed by atoms with Gasteiger partial charge in [-0.25, -0.2) is 9.97 Å². The smallest absolute Gasteiger partial charge is 0.262 e. The quantitative estimate of drug-likeness (QED) is 0.413. The van der Waals surface area contributed by atoms with Crippen LogP contribution in [0.2, 0.25) is 0 Å². The number of Topliss-reactive ketones (excluding diaryl/α,β-unsaturated/α-hetero) is 1. The fourth-order valence-electron chi connectivity index (χ4n) is 2.74. The second-order valence-electron chi connectivity index (χ2n) is 6.70. The summed E-state index contributed by atoms with van der Waals surface area (Å²) >= 11 is 1.47. The number of hydrogen-bond donors (Lipinski definition) is 1. The van der Waals surface area contributed by atoms with E-state index in [0.29, 0.717) is 28.6 Å². The molecule has 0 radical (unpaired) electrons. The van der Waals surface area contributed by atoms with Crippen molar-refractivity contribution in [1.82, 2.24) is 9.97 Å². The van der Waals surface area contributed by atoms with Gasteiger partial charge in [0.1, 0.15) is 5.75 Å². The minimum absolute atomic E-state index is 0.0741. The van der Waals surface area contributed by atoms with E-state index in [1.165, 1.54) is 11.8 Å². The molecule has 0 aliphatic carbocycles. The highest BCUT2D eigenvalue weighted by Crippen LogP contribution is 2.26. The number of nitrogens with one attached hydrogen (secondary N) is 1. The maximum absolute atomic E-state index is 12.1. The number of aromatic nitrogens is 2. The molecule has 2 aromatic carbocycles. The Labute approximate surface area is 180 Å². The van der Waals surface area contributed by atoms with Crippen LogP contribution in [0.3, 0.4) is 0 Å². The zero-order chi connectivity index (χ0) is 21.5. The third kappa shape index (κ3) is 6.15. The number of aryl methyl sites for hydroxylation is 2. The van der Waals surface area contributed by atoms with Gasteiger partial charge in [0.05, 0.1) is 0 Å². The van der Waals surface area contributed by atoms with E-state index in [-0.39, 0.29) is 18.3 Å². The molecule has 0 saturated heterocycles. The van der Waals surface area contributed by atoms with Gasteiger partial charge in [-0.05, 0) is 80.2 Å². The summed E-state index contributed by atoms with van der Waals surface area (Å²) < 4.78 is 5.49. The third-order valence-electron chi connectivity index (χ3n) is 4.18. The highest BCUT2D eigenvalue weighted by Gasteiger charge is 2.07. The summed E-state index contributed by atoms with van der Waals surface area (Å²) in [5.74, 6) is 0.352. The van der Waals surface area contributed by atoms with Crippen molar-refractivity contribution in [2.45, 2.75) is 37.2 Å². The number of benzene rings is 2. The molecule has 30 heavy (non-hydrogen) atoms. The summed E-state index contributed by atoms with van der Waals surface area (Å²) in [5.41, 5.74) is 3.18. The highest BCUT2D eigenvalue weighted by atomic mass is 32.2. The Morgan fingerprint density at radius 2 is 1.60 bits per heavy atom. The maximum Gasteiger partial charge on any atom is 0.262 e. The monoisotopic (exact) mass is 421 g/mol. The number of carbonyl (C=O) groups is 2. The number of ether oxygens (including phenoxy) is 1. The van der Waals surface area contributed by atoms with E-state index in [0.717, 1.165) is 16.3 Å². The van der Waals surface area contributed by atoms with Crippen molar-refractivity contribution in [3.63, 3.8) is 0 Å². The Kier molecular flexibility index (Phi) is 7.19. The molecule has 1 amide bonds. The van der Waals surface area contributed by atoms with E-state index in [1.54, 1.807) is 24.3 Å². The molecule has 0 bridgehead atoms. The lowest BCUT2D eigenvalue weighted by Crippen LogP contribution is -2.20. The Morgan fingerprint density at radius 3 is 2.20 bits per heavy atom. The number of nitrogens with zero attached hydrogens (tertiary/aromatic N) is 2. The molecule has 154 valence electrons. The van der Waals surface area contributed by atoms with Gasteiger partial charge in [0.2, 0.25) is 0 Å². The predicted octanol–water partition coefficient (Wildman–Crippen LogP) is 4.85. The molecule has 1 aromatic heterocycles. The molecule has 0 aliphatic rings. The van der Waals surface area contributed by atoms with Crippen molar-refractivity contribution in [2.24, 2.45) is 0 Å². The standard InChI is InChI=1S/C23H23N3O3S/c1-4-21(27)17-5-9-19(10-6-17)29-14-22(28)26-18-7-11-20(12-8-18)30-23-24-15(2)13-16(3)25-23/h5-13H,4,14H2,1-3H3,(H,26,28). The zero-order valence-electron chi connectivity index (χ0n) is 17.1. The molecule has 0 fully saturated rings. The third-order valence-corrected chi connectivity index (χ3v) is 5.05. The summed E-state index contributed by atoms with van der Waals surface area (Å²) in [5, 5.41) is 3.50. The van der Waals surface area contributed by atoms with Crippen LogP contribution >= 0.6 is 11.8 Å². The average molecular weight is 422 g/mol. The largest absolute Gasteiger partial charge is 0.484 e. The van der Waals surface area contributed by atoms with Crippen molar-refractivity contribution < 1.29 is 14.3 Å². The normalized spacial score (nSPS) is 10.5. The highest BCUT2D eigenvalue weighted by molar-refractivity contribution is 7.99. The molecule has 6 nitrogen and oxygen atoms in total. The summed E-state index contributed by atoms with van der Waals surface area (Å²) in [4.78, 5) is 33.6. The topological polar surface area (TPSA) is 81.2 Å². The van der Waals surface area contributed by atoms with Gasteiger partial charge in [-0.2, -0.15) is 0 Å². The maximum atomic E-state index is 12.1. The number of anilines is 1. The van der Waals surface area contributed by atoms with Crippen LogP contribution in [0.15, 0.2) is 64.6 Å². The van der Waals surface area contributed by atoms with E-state index in [2.05, 4.69) is 15.3 Å². The van der Waals surface area contributed by atoms with Crippen molar-refractivity contribution in [3.8, 4) is 5.75 Å². The minimum atomic E-state index is -0.262. The predicted molar refractivity (Wildman–Crippen MR) is 117 cm³/mol. The van der Waals surface area contributed by atoms with Crippen LogP contribution in [0.5, 0.6) is 5.75 Å². The second-order valence-corrected chi connectivity index (χ2v) is 7.74. The number of hydrogen-bond acceptors (Lipinski definition) is 6. The summed E-state index contributed by atoms with van der Waals surface area (Å²) in [6, 6.07) is 16.2. The fourth-order valence-corrected chi connectivity index (χ4v) is 3.60. The van der Waals surface area contributed by atoms with Crippen molar-refractivity contribution >= 4 is 29.1 Å². The first kappa shape index (κ1) is 21.5. The molecule has 7 heteroatoms. The first-order chi connectivity index (χ1) is 14.4. The zero-order valence-corrected chi connectivity index (χ0v) is 18.0. The molecule has 0 unspecified atom stereocenters. The molecule has 3 aromatic rings. The first-order valence-corrected chi connectivity index (χ1v) is 10.4. The molecule has 0 atom stereocenters. The van der Waals surface area contributed by atoms with Crippen LogP contribution < -0.4 is 10.1 Å². The summed E-state index contributed by atoms with van der Waals surface area (Å²) in [6.07, 6.45) is 0.456. The molecule has 1 N–H and O–H groups in total. The van der Waals surface area contributed by atoms with Crippen molar-refractivity contribution in [2.75, 3.05) is 11.9 Å². The Bertz CT molecular complexity index is 1010. The van der Waals surface area contributed by atoms with E-state index in [9.17, 15) is 9.59 Å². The van der Waals surface area contributed by atoms with Gasteiger partial charge >= 0.3 is 0 Å². The van der Waals surface area contributed by atoms with Crippen LogP contribution in [0.1, 0.15) is 35.1 Å². The minimum Gasteiger partial charge on any atom is -0.484 e. The van der Waals surface area contributed by atoms with E-state index in [1.807, 2.05) is 51.1 Å². The van der Waals surface area contributed by atoms with Crippen molar-refractivity contribution in [3.05, 3.63) is 71.5 Å². The van der Waals surface area contributed by atoms with Gasteiger partial charge in [0, 0.05) is 34.0 Å². The van der Waals surface area contributed by atoms with Crippen LogP contribution in [0.25, 0.3) is 0 Å². The van der Waals surface area contributed by atoms with Crippen LogP contribution in [-0.4, -0.2) is 28.3 Å². The van der Waals surface area contributed by atoms with E-state index < -0.39 is 0 Å². The number of ketones is 1. The molecular formula is C23H23N3O3S. The lowest BCUT2D eigenvalue weighted by molar-refractivity contribution is -0.118. The molecule has 1 heterocycles. The molecule has 0 aliphatic heterocycles. The van der Waals surface area contributed by atoms with Crippen molar-refractivity contribution in [1.29, 1.82) is 0 Å². The SMILES string of the molecule is CCC(=O)c1ccc(OCC(=O)Nc2ccc(Sc3nc(C)cc(C)n3)cc2)cc1. The number of rotatable bonds is 8. The molecule has 0 spiro atoms. The van der Waals surface area contributed by atoms with Gasteiger partial charge < -0.3 is 10.1 Å². The summed E-state index contributed by atoms with van der Waals surface area (Å²) in [6.45, 7) is 5.59. The van der Waals surface area contributed by atoms with Gasteiger partial charge in [0.25, 0.3) is 5.91 Å². The van der Waals surface area contributed by atoms with Gasteiger partial charge in [0.15, 0.2) is 17.5 Å². The van der Waals surface area contributed by atoms with E-state index >= 15 is 0 Å². The lowest BCUT2D eigenvalue weighted by Gasteiger charge is -2.09. The first-order valence-electron chi connectivity index (χ1n) is 9.59. The van der Waals surface area contributed by atoms with Gasteiger partial charge in [-0.1, -0.05) is 6.92 Å². The number of carbonyl (C=O) groups excluding carboxylic acids is 2. The summed E-state index contributed by atoms with van der Waals surface area (Å²) in [7, 11) is 0. The van der Waals surface area contributed by atoms with Crippen LogP contribution in [-0.2, 0) is 4.79 Å². The second kappa shape index (κ2) is 10.0. The Hall–Kier alpha value is -3.19. The molecule has 0 saturated carbocycles. The molecular weight excluding hydrogens is 398 g/mol. The fraction of sp³-hybridized carbons (Fsp3) is 0.217. The lowest BCUT2D eigenvalue weighted by atomic mass is 10.1. The van der Waals surface area contributed by atoms with Crippen LogP contribution in [0.4, 0.5) is 5.69 Å². The Morgan fingerprint density at radius 1 is 0.967 bits per heavy atom. The Balaban J connectivity index is 1.51. The van der Waals surface area contributed by atoms with Gasteiger partial charge in [-0.15, -0.1) is 0 Å².